The summed E-state index contributed by atoms with van der Waals surface area (Å²) in [5.74, 6) is 1.62. The molecule has 2 aliphatic heterocycles. The van der Waals surface area contributed by atoms with Gasteiger partial charge in [0.2, 0.25) is 5.91 Å². The Kier molecular flexibility index (Phi) is 7.08. The number of thioether (sulfide) groups is 1. The van der Waals surface area contributed by atoms with Gasteiger partial charge in [-0.1, -0.05) is 44.9 Å². The van der Waals surface area contributed by atoms with E-state index in [1.165, 1.54) is 0 Å². The molecule has 2 aliphatic rings. The van der Waals surface area contributed by atoms with Crippen molar-refractivity contribution in [2.24, 2.45) is 5.92 Å². The Morgan fingerprint density at radius 1 is 1.14 bits per heavy atom. The van der Waals surface area contributed by atoms with Crippen molar-refractivity contribution >= 4 is 23.6 Å². The number of rotatable bonds is 6. The first-order chi connectivity index (χ1) is 13.5. The van der Waals surface area contributed by atoms with Crippen LogP contribution < -0.4 is 0 Å². The van der Waals surface area contributed by atoms with Gasteiger partial charge in [-0.05, 0) is 44.2 Å². The second kappa shape index (κ2) is 9.34. The Bertz CT molecular complexity index is 698. The van der Waals surface area contributed by atoms with Crippen molar-refractivity contribution in [3.8, 4) is 0 Å². The number of nitrogens with zero attached hydrogens (tertiary/aromatic N) is 2. The molecule has 1 aromatic carbocycles. The molecule has 0 bridgehead atoms. The molecule has 28 heavy (non-hydrogen) atoms. The molecule has 5 heteroatoms. The Morgan fingerprint density at radius 2 is 1.86 bits per heavy atom. The highest BCUT2D eigenvalue weighted by molar-refractivity contribution is 8.00. The van der Waals surface area contributed by atoms with Crippen LogP contribution in [0.5, 0.6) is 0 Å². The third kappa shape index (κ3) is 4.24. The molecule has 1 atom stereocenters. The largest absolute Gasteiger partial charge is 0.342 e. The van der Waals surface area contributed by atoms with Crippen LogP contribution in [-0.4, -0.2) is 51.9 Å². The van der Waals surface area contributed by atoms with Gasteiger partial charge in [-0.2, -0.15) is 0 Å². The molecule has 154 valence electrons. The van der Waals surface area contributed by atoms with Crippen molar-refractivity contribution in [2.45, 2.75) is 64.2 Å². The third-order valence-electron chi connectivity index (χ3n) is 6.40. The van der Waals surface area contributed by atoms with Crippen LogP contribution in [0.1, 0.15) is 68.3 Å². The summed E-state index contributed by atoms with van der Waals surface area (Å²) in [6, 6.07) is 7.87. The van der Waals surface area contributed by atoms with Crippen molar-refractivity contribution in [2.75, 3.05) is 25.4 Å². The second-order valence-electron chi connectivity index (χ2n) is 8.14. The molecule has 2 amide bonds. The first-order valence-corrected chi connectivity index (χ1v) is 11.8. The van der Waals surface area contributed by atoms with Crippen molar-refractivity contribution in [3.63, 3.8) is 0 Å². The lowest BCUT2D eigenvalue weighted by Gasteiger charge is -2.44. The predicted octanol–water partition coefficient (Wildman–Crippen LogP) is 4.72. The van der Waals surface area contributed by atoms with Crippen LogP contribution in [0.3, 0.4) is 0 Å². The van der Waals surface area contributed by atoms with Gasteiger partial charge in [0.05, 0.1) is 4.87 Å². The van der Waals surface area contributed by atoms with Gasteiger partial charge in [0.25, 0.3) is 5.91 Å². The minimum atomic E-state index is -0.138. The molecule has 1 aromatic rings. The second-order valence-corrected chi connectivity index (χ2v) is 9.60. The lowest BCUT2D eigenvalue weighted by atomic mass is 9.95. The first-order valence-electron chi connectivity index (χ1n) is 10.8. The number of aryl methyl sites for hydroxylation is 1. The van der Waals surface area contributed by atoms with Crippen molar-refractivity contribution in [1.29, 1.82) is 0 Å². The molecule has 3 rings (SSSR count). The number of piperidine rings is 1. The van der Waals surface area contributed by atoms with E-state index in [1.807, 2.05) is 43.0 Å². The molecule has 0 radical (unpaired) electrons. The number of hydrogen-bond donors (Lipinski definition) is 0. The summed E-state index contributed by atoms with van der Waals surface area (Å²) in [4.78, 5) is 30.2. The minimum Gasteiger partial charge on any atom is -0.342 e. The Hall–Kier alpha value is -1.49. The quantitative estimate of drug-likeness (QED) is 0.691. The molecular weight excluding hydrogens is 368 g/mol. The van der Waals surface area contributed by atoms with Gasteiger partial charge in [0, 0.05) is 36.9 Å². The summed E-state index contributed by atoms with van der Waals surface area (Å²) in [5.41, 5.74) is 1.85. The van der Waals surface area contributed by atoms with E-state index in [0.717, 1.165) is 75.0 Å². The van der Waals surface area contributed by atoms with Gasteiger partial charge in [0.1, 0.15) is 0 Å². The number of unbranched alkanes of at least 4 members (excludes halogenated alkanes) is 1. The predicted molar refractivity (Wildman–Crippen MR) is 117 cm³/mol. The highest BCUT2D eigenvalue weighted by atomic mass is 32.2. The number of benzene rings is 1. The summed E-state index contributed by atoms with van der Waals surface area (Å²) in [5, 5.41) is 0. The van der Waals surface area contributed by atoms with E-state index < -0.39 is 0 Å². The van der Waals surface area contributed by atoms with E-state index >= 15 is 0 Å². The average Bonchev–Trinajstić information content (AvgIpc) is 3.11. The molecule has 2 heterocycles. The van der Waals surface area contributed by atoms with Gasteiger partial charge in [0.15, 0.2) is 0 Å². The maximum atomic E-state index is 13.3. The van der Waals surface area contributed by atoms with Crippen LogP contribution in [0.15, 0.2) is 24.3 Å². The van der Waals surface area contributed by atoms with Crippen LogP contribution in [0.25, 0.3) is 0 Å². The molecule has 1 spiro atoms. The van der Waals surface area contributed by atoms with E-state index in [-0.39, 0.29) is 16.7 Å². The summed E-state index contributed by atoms with van der Waals surface area (Å²) in [7, 11) is 0. The van der Waals surface area contributed by atoms with Gasteiger partial charge in [-0.3, -0.25) is 9.59 Å². The maximum Gasteiger partial charge on any atom is 0.255 e. The normalized spacial score (nSPS) is 19.8. The number of likely N-dealkylation sites (tertiary alicyclic amines) is 1. The zero-order valence-electron chi connectivity index (χ0n) is 17.6. The van der Waals surface area contributed by atoms with Crippen LogP contribution in [0.4, 0.5) is 0 Å². The fraction of sp³-hybridized carbons (Fsp3) is 0.652. The molecule has 2 fully saturated rings. The Balaban J connectivity index is 1.67. The van der Waals surface area contributed by atoms with Crippen LogP contribution >= 0.6 is 11.8 Å². The maximum absolute atomic E-state index is 13.3. The lowest BCUT2D eigenvalue weighted by Crippen LogP contribution is -2.54. The average molecular weight is 403 g/mol. The van der Waals surface area contributed by atoms with E-state index in [2.05, 4.69) is 23.6 Å². The smallest absolute Gasteiger partial charge is 0.255 e. The Morgan fingerprint density at radius 3 is 2.50 bits per heavy atom. The van der Waals surface area contributed by atoms with Gasteiger partial charge < -0.3 is 9.80 Å². The topological polar surface area (TPSA) is 40.6 Å². The number of carbonyl (C=O) groups is 2. The van der Waals surface area contributed by atoms with Crippen LogP contribution in [0.2, 0.25) is 0 Å². The first kappa shape index (κ1) is 21.2. The molecule has 0 unspecified atom stereocenters. The molecular formula is C23H34N2O2S. The zero-order valence-corrected chi connectivity index (χ0v) is 18.4. The molecule has 0 aliphatic carbocycles. The van der Waals surface area contributed by atoms with Crippen molar-refractivity contribution in [1.82, 2.24) is 9.80 Å². The third-order valence-corrected chi connectivity index (χ3v) is 7.96. The van der Waals surface area contributed by atoms with Crippen LogP contribution in [0, 0.1) is 12.8 Å². The standard InChI is InChI=1S/C23H34N2O2S/c1-4-6-10-19(5-2)21(26)24-14-12-23(13-15-24)25(16-17-28-23)22(27)20-11-8-7-9-18(20)3/h7-9,11,19H,4-6,10,12-17H2,1-3H3/t19-/m1/s1. The molecule has 0 saturated carbocycles. The number of hydrogen-bond acceptors (Lipinski definition) is 3. The highest BCUT2D eigenvalue weighted by Gasteiger charge is 2.47. The summed E-state index contributed by atoms with van der Waals surface area (Å²) in [6.45, 7) is 8.65. The zero-order chi connectivity index (χ0) is 20.1. The summed E-state index contributed by atoms with van der Waals surface area (Å²) >= 11 is 1.91. The SMILES string of the molecule is CCCC[C@@H](CC)C(=O)N1CCC2(CC1)SCCN2C(=O)c1ccccc1C. The van der Waals surface area contributed by atoms with Gasteiger partial charge >= 0.3 is 0 Å². The lowest BCUT2D eigenvalue weighted by molar-refractivity contribution is -0.137. The van der Waals surface area contributed by atoms with E-state index in [0.29, 0.717) is 5.91 Å². The summed E-state index contributed by atoms with van der Waals surface area (Å²) in [6.07, 6.45) is 5.94. The van der Waals surface area contributed by atoms with Crippen molar-refractivity contribution in [3.05, 3.63) is 35.4 Å². The van der Waals surface area contributed by atoms with Gasteiger partial charge in [-0.15, -0.1) is 11.8 Å². The van der Waals surface area contributed by atoms with E-state index in [1.54, 1.807) is 0 Å². The molecule has 2 saturated heterocycles. The van der Waals surface area contributed by atoms with E-state index in [9.17, 15) is 9.59 Å². The molecule has 4 nitrogen and oxygen atoms in total. The fourth-order valence-electron chi connectivity index (χ4n) is 4.56. The summed E-state index contributed by atoms with van der Waals surface area (Å²) < 4.78 is 0. The van der Waals surface area contributed by atoms with E-state index in [4.69, 9.17) is 0 Å². The van der Waals surface area contributed by atoms with Crippen molar-refractivity contribution < 1.29 is 9.59 Å². The highest BCUT2D eigenvalue weighted by Crippen LogP contribution is 2.45. The van der Waals surface area contributed by atoms with Crippen LogP contribution in [-0.2, 0) is 4.79 Å². The number of carbonyl (C=O) groups excluding carboxylic acids is 2. The fourth-order valence-corrected chi connectivity index (χ4v) is 6.01. The minimum absolute atomic E-state index is 0.138. The number of amides is 2. The Labute approximate surface area is 174 Å². The molecule has 0 aromatic heterocycles. The molecule has 0 N–H and O–H groups in total. The van der Waals surface area contributed by atoms with Gasteiger partial charge in [-0.25, -0.2) is 0 Å². The monoisotopic (exact) mass is 402 g/mol.